The van der Waals surface area contributed by atoms with Crippen LogP contribution in [0.2, 0.25) is 0 Å². The predicted octanol–water partition coefficient (Wildman–Crippen LogP) is 3.97. The van der Waals surface area contributed by atoms with Crippen LogP contribution < -0.4 is 4.74 Å². The molecule has 1 aromatic carbocycles. The summed E-state index contributed by atoms with van der Waals surface area (Å²) in [7, 11) is 3.32. The van der Waals surface area contributed by atoms with Gasteiger partial charge in [-0.2, -0.15) is 0 Å². The second-order valence-electron chi connectivity index (χ2n) is 4.20. The van der Waals surface area contributed by atoms with Crippen molar-refractivity contribution in [3.8, 4) is 16.2 Å². The summed E-state index contributed by atoms with van der Waals surface area (Å²) < 4.78 is 28.1. The van der Waals surface area contributed by atoms with E-state index >= 15 is 0 Å². The van der Waals surface area contributed by atoms with Gasteiger partial charge in [0.15, 0.2) is 0 Å². The Labute approximate surface area is 121 Å². The minimum absolute atomic E-state index is 0.178. The highest BCUT2D eigenvalue weighted by Gasteiger charge is 2.18. The molecule has 3 nitrogen and oxygen atoms in total. The van der Waals surface area contributed by atoms with Gasteiger partial charge in [-0.1, -0.05) is 0 Å². The first-order valence-corrected chi connectivity index (χ1v) is 8.65. The molecule has 0 N–H and O–H groups in total. The predicted molar refractivity (Wildman–Crippen MR) is 78.8 cm³/mol. The molecule has 19 heavy (non-hydrogen) atoms. The monoisotopic (exact) mass is 316 g/mol. The molecular formula is C13H13ClO3S2. The van der Waals surface area contributed by atoms with Crippen LogP contribution in [-0.2, 0) is 9.05 Å². The Bertz CT molecular complexity index is 717. The Kier molecular flexibility index (Phi) is 3.90. The summed E-state index contributed by atoms with van der Waals surface area (Å²) in [6.45, 7) is 3.84. The molecule has 0 aliphatic carbocycles. The molecule has 0 aliphatic rings. The Morgan fingerprint density at radius 1 is 1.16 bits per heavy atom. The van der Waals surface area contributed by atoms with Gasteiger partial charge < -0.3 is 4.74 Å². The first kappa shape index (κ1) is 14.4. The number of halogens is 1. The average Bonchev–Trinajstić information content (AvgIpc) is 2.71. The standard InChI is InChI=1S/C13H13ClO3S2/c1-8-6-10(17-3)4-5-11(8)13-9(2)7-12(18-13)19(14,15)16/h4-7H,1-3H3. The van der Waals surface area contributed by atoms with Crippen LogP contribution in [0.3, 0.4) is 0 Å². The maximum Gasteiger partial charge on any atom is 0.270 e. The molecule has 0 saturated heterocycles. The van der Waals surface area contributed by atoms with Gasteiger partial charge in [0.1, 0.15) is 9.96 Å². The van der Waals surface area contributed by atoms with Gasteiger partial charge in [-0.15, -0.1) is 11.3 Å². The summed E-state index contributed by atoms with van der Waals surface area (Å²) in [4.78, 5) is 0.916. The maximum absolute atomic E-state index is 11.4. The molecule has 0 spiro atoms. The van der Waals surface area contributed by atoms with Gasteiger partial charge in [0.2, 0.25) is 0 Å². The minimum Gasteiger partial charge on any atom is -0.497 e. The van der Waals surface area contributed by atoms with Crippen molar-refractivity contribution < 1.29 is 13.2 Å². The van der Waals surface area contributed by atoms with E-state index in [4.69, 9.17) is 15.4 Å². The third-order valence-corrected chi connectivity index (χ3v) is 6.16. The van der Waals surface area contributed by atoms with Gasteiger partial charge in [0.05, 0.1) is 7.11 Å². The maximum atomic E-state index is 11.4. The van der Waals surface area contributed by atoms with E-state index in [2.05, 4.69) is 0 Å². The molecule has 0 saturated carbocycles. The molecule has 0 fully saturated rings. The normalized spacial score (nSPS) is 11.6. The summed E-state index contributed by atoms with van der Waals surface area (Å²) in [5.41, 5.74) is 2.93. The Balaban J connectivity index is 2.57. The number of aryl methyl sites for hydroxylation is 2. The zero-order valence-corrected chi connectivity index (χ0v) is 13.1. The third-order valence-electron chi connectivity index (χ3n) is 2.81. The van der Waals surface area contributed by atoms with Crippen LogP contribution in [0.4, 0.5) is 0 Å². The van der Waals surface area contributed by atoms with E-state index in [0.29, 0.717) is 0 Å². The van der Waals surface area contributed by atoms with Gasteiger partial charge in [-0.3, -0.25) is 0 Å². The van der Waals surface area contributed by atoms with Crippen molar-refractivity contribution >= 4 is 31.1 Å². The van der Waals surface area contributed by atoms with E-state index in [9.17, 15) is 8.42 Å². The van der Waals surface area contributed by atoms with Gasteiger partial charge in [-0.05, 0) is 54.8 Å². The highest BCUT2D eigenvalue weighted by atomic mass is 35.7. The summed E-state index contributed by atoms with van der Waals surface area (Å²) in [6.07, 6.45) is 0. The van der Waals surface area contributed by atoms with Crippen LogP contribution in [0.25, 0.3) is 10.4 Å². The lowest BCUT2D eigenvalue weighted by Crippen LogP contribution is -1.86. The fourth-order valence-electron chi connectivity index (χ4n) is 1.86. The molecule has 6 heteroatoms. The molecule has 102 valence electrons. The fraction of sp³-hybridized carbons (Fsp3) is 0.231. The average molecular weight is 317 g/mol. The molecular weight excluding hydrogens is 304 g/mol. The lowest BCUT2D eigenvalue weighted by molar-refractivity contribution is 0.414. The SMILES string of the molecule is COc1ccc(-c2sc(S(=O)(=O)Cl)cc2C)c(C)c1. The molecule has 0 amide bonds. The van der Waals surface area contributed by atoms with Crippen molar-refractivity contribution in [1.29, 1.82) is 0 Å². The Morgan fingerprint density at radius 3 is 2.32 bits per heavy atom. The molecule has 1 heterocycles. The van der Waals surface area contributed by atoms with Crippen molar-refractivity contribution in [2.45, 2.75) is 18.1 Å². The number of thiophene rings is 1. The summed E-state index contributed by atoms with van der Waals surface area (Å²) in [5.74, 6) is 0.778. The Morgan fingerprint density at radius 2 is 1.84 bits per heavy atom. The molecule has 0 atom stereocenters. The van der Waals surface area contributed by atoms with E-state index in [1.807, 2.05) is 32.0 Å². The zero-order valence-electron chi connectivity index (χ0n) is 10.7. The quantitative estimate of drug-likeness (QED) is 0.805. The number of hydrogen-bond acceptors (Lipinski definition) is 4. The second kappa shape index (κ2) is 5.15. The first-order valence-electron chi connectivity index (χ1n) is 5.53. The van der Waals surface area contributed by atoms with Crippen molar-refractivity contribution in [1.82, 2.24) is 0 Å². The Hall–Kier alpha value is -1.04. The smallest absolute Gasteiger partial charge is 0.270 e. The van der Waals surface area contributed by atoms with E-state index < -0.39 is 9.05 Å². The van der Waals surface area contributed by atoms with Crippen molar-refractivity contribution in [3.05, 3.63) is 35.4 Å². The van der Waals surface area contributed by atoms with Crippen LogP contribution in [0.1, 0.15) is 11.1 Å². The van der Waals surface area contributed by atoms with Crippen LogP contribution >= 0.6 is 22.0 Å². The van der Waals surface area contributed by atoms with Crippen LogP contribution in [0.15, 0.2) is 28.5 Å². The summed E-state index contributed by atoms with van der Waals surface area (Å²) >= 11 is 1.19. The molecule has 0 bridgehead atoms. The van der Waals surface area contributed by atoms with Crippen LogP contribution in [0.5, 0.6) is 5.75 Å². The van der Waals surface area contributed by atoms with E-state index in [1.54, 1.807) is 13.2 Å². The third kappa shape index (κ3) is 2.94. The highest BCUT2D eigenvalue weighted by molar-refractivity contribution is 8.15. The van der Waals surface area contributed by atoms with Gasteiger partial charge in [0.25, 0.3) is 9.05 Å². The van der Waals surface area contributed by atoms with Crippen LogP contribution in [-0.4, -0.2) is 15.5 Å². The van der Waals surface area contributed by atoms with Gasteiger partial charge >= 0.3 is 0 Å². The molecule has 1 aromatic heterocycles. The molecule has 0 radical (unpaired) electrons. The molecule has 2 rings (SSSR count). The number of methoxy groups -OCH3 is 1. The zero-order chi connectivity index (χ0) is 14.2. The van der Waals surface area contributed by atoms with E-state index in [1.165, 1.54) is 11.3 Å². The van der Waals surface area contributed by atoms with Gasteiger partial charge in [-0.25, -0.2) is 8.42 Å². The first-order chi connectivity index (χ1) is 8.82. The summed E-state index contributed by atoms with van der Waals surface area (Å²) in [5, 5.41) is 0. The highest BCUT2D eigenvalue weighted by Crippen LogP contribution is 2.38. The topological polar surface area (TPSA) is 43.4 Å². The number of benzene rings is 1. The van der Waals surface area contributed by atoms with Crippen LogP contribution in [0, 0.1) is 13.8 Å². The lowest BCUT2D eigenvalue weighted by Gasteiger charge is -2.07. The fourth-order valence-corrected chi connectivity index (χ4v) is 4.24. The van der Waals surface area contributed by atoms with Gasteiger partial charge in [0, 0.05) is 15.6 Å². The molecule has 2 aromatic rings. The van der Waals surface area contributed by atoms with Crippen molar-refractivity contribution in [2.75, 3.05) is 7.11 Å². The van der Waals surface area contributed by atoms with E-state index in [-0.39, 0.29) is 4.21 Å². The number of hydrogen-bond donors (Lipinski definition) is 0. The van der Waals surface area contributed by atoms with E-state index in [0.717, 1.165) is 27.3 Å². The van der Waals surface area contributed by atoms with Crippen molar-refractivity contribution in [3.63, 3.8) is 0 Å². The largest absolute Gasteiger partial charge is 0.497 e. The molecule has 0 unspecified atom stereocenters. The minimum atomic E-state index is -3.67. The number of ether oxygens (including phenoxy) is 1. The lowest BCUT2D eigenvalue weighted by atomic mass is 10.0. The number of rotatable bonds is 3. The second-order valence-corrected chi connectivity index (χ2v) is 8.04. The summed E-state index contributed by atoms with van der Waals surface area (Å²) in [6, 6.07) is 7.31. The van der Waals surface area contributed by atoms with Crippen molar-refractivity contribution in [2.24, 2.45) is 0 Å². The molecule has 0 aliphatic heterocycles.